The van der Waals surface area contributed by atoms with E-state index in [0.29, 0.717) is 0 Å². The third-order valence-electron chi connectivity index (χ3n) is 4.32. The number of rotatable bonds is 4. The van der Waals surface area contributed by atoms with E-state index in [1.54, 1.807) is 12.4 Å². The first-order valence-electron chi connectivity index (χ1n) is 8.39. The number of oxime groups is 1. The van der Waals surface area contributed by atoms with Gasteiger partial charge in [0.15, 0.2) is 0 Å². The Kier molecular flexibility index (Phi) is 4.25. The minimum absolute atomic E-state index is 0.263. The van der Waals surface area contributed by atoms with Crippen LogP contribution in [0.4, 0.5) is 5.95 Å². The number of nitrogens with two attached hydrogens (primary N) is 1. The van der Waals surface area contributed by atoms with Gasteiger partial charge in [0, 0.05) is 29.2 Å². The molecule has 0 atom stereocenters. The molecule has 0 aliphatic carbocycles. The molecule has 0 radical (unpaired) electrons. The Morgan fingerprint density at radius 3 is 2.63 bits per heavy atom. The van der Waals surface area contributed by atoms with Crippen molar-refractivity contribution in [1.82, 2.24) is 19.5 Å². The average molecular weight is 358 g/mol. The molecule has 2 aromatic heterocycles. The average Bonchev–Trinajstić information content (AvgIpc) is 3.12. The molecular formula is C20H18N6O. The first kappa shape index (κ1) is 16.7. The van der Waals surface area contributed by atoms with Gasteiger partial charge >= 0.3 is 0 Å². The number of imidazole rings is 1. The van der Waals surface area contributed by atoms with Crippen LogP contribution >= 0.6 is 0 Å². The fourth-order valence-electron chi connectivity index (χ4n) is 2.96. The van der Waals surface area contributed by atoms with E-state index >= 15 is 0 Å². The first-order chi connectivity index (χ1) is 13.2. The first-order valence-corrected chi connectivity index (χ1v) is 8.39. The molecule has 0 aliphatic heterocycles. The largest absolute Gasteiger partial charge is 0.399 e. The molecule has 0 fully saturated rings. The van der Waals surface area contributed by atoms with E-state index in [0.717, 1.165) is 39.1 Å². The second kappa shape index (κ2) is 6.87. The number of nitrogens with zero attached hydrogens (tertiary/aromatic N) is 5. The Labute approximate surface area is 156 Å². The van der Waals surface area contributed by atoms with E-state index in [2.05, 4.69) is 26.2 Å². The van der Waals surface area contributed by atoms with Crippen LogP contribution in [-0.4, -0.2) is 32.3 Å². The monoisotopic (exact) mass is 358 g/mol. The third kappa shape index (κ3) is 3.22. The molecule has 0 amide bonds. The molecule has 0 saturated carbocycles. The number of hydrogen-bond acceptors (Lipinski definition) is 6. The SMILES string of the molecule is CON=C(C)c1ccc2c(c1)ncn2-c1cccc(-c2cnc(N)nc2)c1. The highest BCUT2D eigenvalue weighted by atomic mass is 16.6. The summed E-state index contributed by atoms with van der Waals surface area (Å²) >= 11 is 0. The summed E-state index contributed by atoms with van der Waals surface area (Å²) in [7, 11) is 1.54. The number of fused-ring (bicyclic) bond motifs is 1. The van der Waals surface area contributed by atoms with Crippen molar-refractivity contribution in [3.8, 4) is 16.8 Å². The lowest BCUT2D eigenvalue weighted by Crippen LogP contribution is -1.97. The number of nitrogen functional groups attached to an aromatic ring is 1. The van der Waals surface area contributed by atoms with Crippen molar-refractivity contribution in [2.75, 3.05) is 12.8 Å². The van der Waals surface area contributed by atoms with E-state index in [9.17, 15) is 0 Å². The van der Waals surface area contributed by atoms with Gasteiger partial charge in [0.05, 0.1) is 16.7 Å². The predicted molar refractivity (Wildman–Crippen MR) is 106 cm³/mol. The smallest absolute Gasteiger partial charge is 0.219 e. The van der Waals surface area contributed by atoms with Gasteiger partial charge in [-0.1, -0.05) is 23.4 Å². The lowest BCUT2D eigenvalue weighted by Gasteiger charge is -2.08. The number of benzene rings is 2. The van der Waals surface area contributed by atoms with Crippen LogP contribution in [0.25, 0.3) is 27.8 Å². The Hall–Kier alpha value is -3.74. The zero-order chi connectivity index (χ0) is 18.8. The van der Waals surface area contributed by atoms with Crippen LogP contribution in [0.2, 0.25) is 0 Å². The van der Waals surface area contributed by atoms with Crippen LogP contribution in [-0.2, 0) is 4.84 Å². The maximum absolute atomic E-state index is 5.58. The van der Waals surface area contributed by atoms with Crippen molar-refractivity contribution >= 4 is 22.7 Å². The summed E-state index contributed by atoms with van der Waals surface area (Å²) in [5, 5.41) is 3.98. The highest BCUT2D eigenvalue weighted by Crippen LogP contribution is 2.24. The molecule has 0 aliphatic rings. The van der Waals surface area contributed by atoms with E-state index in [1.807, 2.05) is 54.2 Å². The van der Waals surface area contributed by atoms with Crippen molar-refractivity contribution in [2.24, 2.45) is 5.16 Å². The van der Waals surface area contributed by atoms with Crippen molar-refractivity contribution in [1.29, 1.82) is 0 Å². The van der Waals surface area contributed by atoms with Crippen molar-refractivity contribution < 1.29 is 4.84 Å². The Morgan fingerprint density at radius 1 is 1.04 bits per heavy atom. The topological polar surface area (TPSA) is 91.2 Å². The summed E-state index contributed by atoms with van der Waals surface area (Å²) in [5.41, 5.74) is 12.2. The highest BCUT2D eigenvalue weighted by Gasteiger charge is 2.09. The van der Waals surface area contributed by atoms with Crippen LogP contribution in [0.3, 0.4) is 0 Å². The van der Waals surface area contributed by atoms with Crippen LogP contribution in [0, 0.1) is 0 Å². The number of anilines is 1. The molecule has 27 heavy (non-hydrogen) atoms. The summed E-state index contributed by atoms with van der Waals surface area (Å²) in [6.07, 6.45) is 5.26. The molecule has 0 bridgehead atoms. The maximum atomic E-state index is 5.58. The molecule has 0 spiro atoms. The van der Waals surface area contributed by atoms with Crippen LogP contribution < -0.4 is 5.73 Å². The zero-order valence-corrected chi connectivity index (χ0v) is 15.0. The summed E-state index contributed by atoms with van der Waals surface area (Å²) in [6.45, 7) is 1.90. The van der Waals surface area contributed by atoms with Crippen LogP contribution in [0.1, 0.15) is 12.5 Å². The fraction of sp³-hybridized carbons (Fsp3) is 0.100. The summed E-state index contributed by atoms with van der Waals surface area (Å²) < 4.78 is 2.05. The maximum Gasteiger partial charge on any atom is 0.219 e. The fourth-order valence-corrected chi connectivity index (χ4v) is 2.96. The molecule has 4 rings (SSSR count). The van der Waals surface area contributed by atoms with Gasteiger partial charge in [-0.15, -0.1) is 0 Å². The molecule has 2 heterocycles. The Bertz CT molecular complexity index is 1130. The molecule has 2 N–H and O–H groups in total. The second-order valence-electron chi connectivity index (χ2n) is 6.06. The quantitative estimate of drug-likeness (QED) is 0.446. The van der Waals surface area contributed by atoms with Gasteiger partial charge in [-0.3, -0.25) is 4.57 Å². The molecule has 7 heteroatoms. The molecule has 7 nitrogen and oxygen atoms in total. The molecule has 0 unspecified atom stereocenters. The second-order valence-corrected chi connectivity index (χ2v) is 6.06. The summed E-state index contributed by atoms with van der Waals surface area (Å²) in [6, 6.07) is 14.2. The minimum atomic E-state index is 0.263. The lowest BCUT2D eigenvalue weighted by atomic mass is 10.1. The highest BCUT2D eigenvalue weighted by molar-refractivity contribution is 6.00. The van der Waals surface area contributed by atoms with E-state index in [-0.39, 0.29) is 5.95 Å². The van der Waals surface area contributed by atoms with Crippen molar-refractivity contribution in [2.45, 2.75) is 6.92 Å². The molecular weight excluding hydrogens is 340 g/mol. The zero-order valence-electron chi connectivity index (χ0n) is 15.0. The van der Waals surface area contributed by atoms with Gasteiger partial charge in [0.25, 0.3) is 0 Å². The number of aromatic nitrogens is 4. The number of hydrogen-bond donors (Lipinski definition) is 1. The lowest BCUT2D eigenvalue weighted by molar-refractivity contribution is 0.213. The van der Waals surface area contributed by atoms with E-state index < -0.39 is 0 Å². The Morgan fingerprint density at radius 2 is 1.85 bits per heavy atom. The van der Waals surface area contributed by atoms with E-state index in [4.69, 9.17) is 10.6 Å². The van der Waals surface area contributed by atoms with Gasteiger partial charge < -0.3 is 10.6 Å². The van der Waals surface area contributed by atoms with E-state index in [1.165, 1.54) is 7.11 Å². The van der Waals surface area contributed by atoms with Crippen molar-refractivity contribution in [3.63, 3.8) is 0 Å². The van der Waals surface area contributed by atoms with Crippen molar-refractivity contribution in [3.05, 3.63) is 66.7 Å². The minimum Gasteiger partial charge on any atom is -0.399 e. The van der Waals surface area contributed by atoms with Gasteiger partial charge in [-0.05, 0) is 36.8 Å². The van der Waals surface area contributed by atoms with Crippen LogP contribution in [0.5, 0.6) is 0 Å². The molecule has 0 saturated heterocycles. The molecule has 4 aromatic rings. The van der Waals surface area contributed by atoms with Crippen LogP contribution in [0.15, 0.2) is 66.3 Å². The summed E-state index contributed by atoms with van der Waals surface area (Å²) in [4.78, 5) is 17.5. The Balaban J connectivity index is 1.75. The molecule has 134 valence electrons. The predicted octanol–water partition coefficient (Wildman–Crippen LogP) is 3.44. The van der Waals surface area contributed by atoms with Gasteiger partial charge in [-0.2, -0.15) is 0 Å². The van der Waals surface area contributed by atoms with Gasteiger partial charge in [0.1, 0.15) is 13.4 Å². The normalized spacial score (nSPS) is 11.7. The van der Waals surface area contributed by atoms with Gasteiger partial charge in [-0.25, -0.2) is 15.0 Å². The standard InChI is InChI=1S/C20H18N6O/c1-13(25-27-2)14-6-7-19-18(9-14)24-12-26(19)17-5-3-4-15(8-17)16-10-22-20(21)23-11-16/h3-12H,1-2H3,(H2,21,22,23). The molecule has 2 aromatic carbocycles. The third-order valence-corrected chi connectivity index (χ3v) is 4.32. The summed E-state index contributed by atoms with van der Waals surface area (Å²) in [5.74, 6) is 0.263. The van der Waals surface area contributed by atoms with Gasteiger partial charge in [0.2, 0.25) is 5.95 Å².